The van der Waals surface area contributed by atoms with Crippen molar-refractivity contribution in [3.05, 3.63) is 125 Å². The second-order valence-electron chi connectivity index (χ2n) is 8.39. The molecule has 0 aliphatic heterocycles. The van der Waals surface area contributed by atoms with Gasteiger partial charge in [-0.05, 0) is 0 Å². The number of benzene rings is 4. The second-order valence-corrected chi connectivity index (χ2v) is 14.7. The van der Waals surface area contributed by atoms with Gasteiger partial charge in [0, 0.05) is 0 Å². The zero-order chi connectivity index (χ0) is 21.3. The van der Waals surface area contributed by atoms with Crippen molar-refractivity contribution in [2.45, 2.75) is 6.42 Å². The molecule has 151 valence electrons. The maximum atomic E-state index is 3.81. The van der Waals surface area contributed by atoms with Crippen LogP contribution in [0.5, 0.6) is 0 Å². The Hall–Kier alpha value is -2.89. The van der Waals surface area contributed by atoms with Crippen LogP contribution in [0.25, 0.3) is 21.8 Å². The first-order chi connectivity index (χ1) is 15.9. The topological polar surface area (TPSA) is 15.8 Å². The summed E-state index contributed by atoms with van der Waals surface area (Å²) in [6.07, 6.45) is 8.08. The summed E-state index contributed by atoms with van der Waals surface area (Å²) in [7, 11) is 0. The molecule has 0 saturated carbocycles. The van der Waals surface area contributed by atoms with Crippen LogP contribution in [0.1, 0.15) is 6.42 Å². The minimum absolute atomic E-state index is 0.433. The average Bonchev–Trinajstić information content (AvgIpc) is 3.52. The van der Waals surface area contributed by atoms with E-state index in [2.05, 4.69) is 126 Å². The molecule has 0 spiro atoms. The van der Waals surface area contributed by atoms with Gasteiger partial charge in [0.05, 0.1) is 0 Å². The molecule has 0 bridgehead atoms. The van der Waals surface area contributed by atoms with E-state index in [1.165, 1.54) is 32.7 Å². The van der Waals surface area contributed by atoms with Gasteiger partial charge < -0.3 is 0 Å². The molecule has 0 unspecified atom stereocenters. The molecular weight excluding hydrogens is 464 g/mol. The predicted octanol–water partition coefficient (Wildman–Crippen LogP) is 5.21. The third-order valence-corrected chi connectivity index (χ3v) is 14.6. The molecule has 6 rings (SSSR count). The van der Waals surface area contributed by atoms with Crippen LogP contribution in [0.2, 0.25) is 0 Å². The van der Waals surface area contributed by atoms with E-state index in [1.807, 2.05) is 0 Å². The van der Waals surface area contributed by atoms with Gasteiger partial charge in [-0.1, -0.05) is 0 Å². The number of hydrogen-bond donors (Lipinski definition) is 1. The molecule has 4 aromatic carbocycles. The van der Waals surface area contributed by atoms with E-state index < -0.39 is 21.5 Å². The Balaban J connectivity index is 1.63. The van der Waals surface area contributed by atoms with E-state index in [9.17, 15) is 0 Å². The van der Waals surface area contributed by atoms with Gasteiger partial charge in [-0.25, -0.2) is 0 Å². The van der Waals surface area contributed by atoms with E-state index in [4.69, 9.17) is 0 Å². The van der Waals surface area contributed by atoms with Crippen molar-refractivity contribution < 1.29 is 21.5 Å². The van der Waals surface area contributed by atoms with Crippen molar-refractivity contribution >= 4 is 40.3 Å². The molecule has 1 N–H and O–H groups in total. The molecule has 1 aliphatic carbocycles. The Morgan fingerprint density at radius 2 is 1.31 bits per heavy atom. The molecule has 0 amide bonds. The maximum absolute atomic E-state index is 3.81. The molecule has 0 fully saturated rings. The number of aromatic amines is 1. The van der Waals surface area contributed by atoms with E-state index in [1.54, 1.807) is 6.55 Å². The van der Waals surface area contributed by atoms with Crippen LogP contribution in [-0.2, 0) is 21.5 Å². The van der Waals surface area contributed by atoms with Crippen LogP contribution in [0, 0.1) is 0 Å². The molecule has 0 atom stereocenters. The molecule has 0 saturated heterocycles. The van der Waals surface area contributed by atoms with Gasteiger partial charge in [0.2, 0.25) is 0 Å². The zero-order valence-corrected chi connectivity index (χ0v) is 20.3. The molecule has 0 radical (unpaired) electrons. The normalized spacial score (nSPS) is 12.9. The van der Waals surface area contributed by atoms with Crippen LogP contribution in [0.15, 0.2) is 125 Å². The van der Waals surface area contributed by atoms with Crippen LogP contribution < -0.4 is 14.2 Å². The summed E-state index contributed by atoms with van der Waals surface area (Å²) >= 11 is -2.44. The molecule has 5 aromatic rings. The molecule has 1 heterocycles. The number of rotatable bonds is 5. The first-order valence-corrected chi connectivity index (χ1v) is 15.1. The summed E-state index contributed by atoms with van der Waals surface area (Å²) in [5.41, 5.74) is 5.45. The van der Waals surface area contributed by atoms with Crippen LogP contribution >= 0.6 is 0 Å². The van der Waals surface area contributed by atoms with Crippen molar-refractivity contribution in [2.75, 3.05) is 0 Å². The van der Waals surface area contributed by atoms with Crippen molar-refractivity contribution in [1.29, 1.82) is 0 Å². The van der Waals surface area contributed by atoms with E-state index >= 15 is 0 Å². The Kier molecular flexibility index (Phi) is 5.29. The van der Waals surface area contributed by atoms with Crippen LogP contribution in [-0.4, -0.2) is 9.23 Å². The van der Waals surface area contributed by atoms with Crippen molar-refractivity contribution in [1.82, 2.24) is 4.98 Å². The summed E-state index contributed by atoms with van der Waals surface area (Å²) in [4.78, 5) is 3.81. The Morgan fingerprint density at radius 3 is 2.00 bits per heavy atom. The summed E-state index contributed by atoms with van der Waals surface area (Å²) in [6.45, 7) is 0. The Morgan fingerprint density at radius 1 is 0.656 bits per heavy atom. The third kappa shape index (κ3) is 3.46. The summed E-state index contributed by atoms with van der Waals surface area (Å²) < 4.78 is 3.66. The standard InChI is InChI=1S/C12H10B.C12H8N.C5H5.Zr/c1-3-7-11(8-4-1)13-12-9-5-2-6-10-12;1-3-7-11-9(5-1)10-6-2-4-8-12(10)13-11;1-2-4-5-3-1;/h1-10H;1-7,13H;1-3H,4H2;/q+1;;;-1. The van der Waals surface area contributed by atoms with E-state index in [-0.39, 0.29) is 0 Å². The molecular formula is C29H23BNZr. The first kappa shape index (κ1) is 19.8. The molecule has 1 aromatic heterocycles. The zero-order valence-electron chi connectivity index (χ0n) is 17.8. The number of aromatic nitrogens is 1. The first-order valence-electron chi connectivity index (χ1n) is 11.2. The summed E-state index contributed by atoms with van der Waals surface area (Å²) in [5, 5.41) is 2.67. The number of hydrogen-bond acceptors (Lipinski definition) is 0. The fourth-order valence-electron chi connectivity index (χ4n) is 5.08. The predicted molar refractivity (Wildman–Crippen MR) is 135 cm³/mol. The van der Waals surface area contributed by atoms with Gasteiger partial charge in [0.1, 0.15) is 0 Å². The monoisotopic (exact) mass is 486 g/mol. The van der Waals surface area contributed by atoms with E-state index in [0.717, 1.165) is 6.42 Å². The van der Waals surface area contributed by atoms with Crippen LogP contribution in [0.3, 0.4) is 0 Å². The quantitative estimate of drug-likeness (QED) is 0.328. The fraction of sp³-hybridized carbons (Fsp3) is 0.0345. The number of para-hydroxylation sites is 2. The molecule has 1 nitrogen and oxygen atoms in total. The summed E-state index contributed by atoms with van der Waals surface area (Å²) in [5.74, 6) is 0. The number of H-pyrrole nitrogens is 1. The van der Waals surface area contributed by atoms with Crippen molar-refractivity contribution in [2.24, 2.45) is 0 Å². The number of nitrogens with one attached hydrogen (secondary N) is 1. The number of fused-ring (bicyclic) bond motifs is 3. The molecule has 32 heavy (non-hydrogen) atoms. The van der Waals surface area contributed by atoms with E-state index in [0.29, 0.717) is 4.25 Å². The Bertz CT molecular complexity index is 1410. The summed E-state index contributed by atoms with van der Waals surface area (Å²) in [6, 6.07) is 38.0. The fourth-order valence-corrected chi connectivity index (χ4v) is 13.5. The molecule has 3 heteroatoms. The van der Waals surface area contributed by atoms with Crippen molar-refractivity contribution in [3.63, 3.8) is 0 Å². The average molecular weight is 488 g/mol. The van der Waals surface area contributed by atoms with Gasteiger partial charge in [-0.2, -0.15) is 0 Å². The van der Waals surface area contributed by atoms with Gasteiger partial charge in [-0.15, -0.1) is 0 Å². The second kappa shape index (κ2) is 8.56. The van der Waals surface area contributed by atoms with Crippen LogP contribution in [0.4, 0.5) is 0 Å². The SMILES string of the molecule is C1=CC[C]([Zr]([B](c2ccccc2)c2ccccc2)[c]2cccc3c2[nH]c2ccccc23)=C1. The van der Waals surface area contributed by atoms with Gasteiger partial charge in [0.25, 0.3) is 0 Å². The molecule has 1 aliphatic rings. The van der Waals surface area contributed by atoms with Gasteiger partial charge in [-0.3, -0.25) is 0 Å². The van der Waals surface area contributed by atoms with Gasteiger partial charge in [0.15, 0.2) is 0 Å². The number of allylic oxidation sites excluding steroid dienone is 4. The Labute approximate surface area is 197 Å². The van der Waals surface area contributed by atoms with Gasteiger partial charge >= 0.3 is 198 Å². The van der Waals surface area contributed by atoms with Crippen molar-refractivity contribution in [3.8, 4) is 0 Å². The minimum atomic E-state index is -2.44. The third-order valence-electron chi connectivity index (χ3n) is 6.50.